The second-order valence-corrected chi connectivity index (χ2v) is 8.65. The fourth-order valence-electron chi connectivity index (χ4n) is 3.39. The van der Waals surface area contributed by atoms with E-state index in [-0.39, 0.29) is 12.6 Å². The summed E-state index contributed by atoms with van der Waals surface area (Å²) in [5.74, 6) is -0.344. The van der Waals surface area contributed by atoms with Gasteiger partial charge >= 0.3 is 5.97 Å². The molecule has 0 saturated carbocycles. The quantitative estimate of drug-likeness (QED) is 0.110. The van der Waals surface area contributed by atoms with Gasteiger partial charge in [0.15, 0.2) is 0 Å². The van der Waals surface area contributed by atoms with Crippen LogP contribution in [0.4, 0.5) is 0 Å². The van der Waals surface area contributed by atoms with Gasteiger partial charge in [-0.15, -0.1) is 0 Å². The van der Waals surface area contributed by atoms with Gasteiger partial charge in [-0.05, 0) is 18.6 Å². The molecule has 0 unspecified atom stereocenters. The van der Waals surface area contributed by atoms with Crippen LogP contribution in [0.2, 0.25) is 0 Å². The molecule has 0 N–H and O–H groups in total. The Hall–Kier alpha value is -1.55. The van der Waals surface area contributed by atoms with Gasteiger partial charge in [0.1, 0.15) is 6.61 Å². The van der Waals surface area contributed by atoms with Crippen molar-refractivity contribution in [2.45, 2.75) is 58.3 Å². The summed E-state index contributed by atoms with van der Waals surface area (Å²) in [5, 5.41) is 0. The van der Waals surface area contributed by atoms with Gasteiger partial charge in [-0.3, -0.25) is 0 Å². The van der Waals surface area contributed by atoms with E-state index in [1.807, 2.05) is 6.07 Å². The van der Waals surface area contributed by atoms with Crippen LogP contribution in [0, 0.1) is 0 Å². The average molecular weight is 527 g/mol. The lowest BCUT2D eigenvalue weighted by molar-refractivity contribution is -0.0194. The largest absolute Gasteiger partial charge is 0.460 e. The molecule has 1 aromatic rings. The molecule has 0 spiro atoms. The fourth-order valence-corrected chi connectivity index (χ4v) is 3.39. The molecule has 0 aliphatic heterocycles. The van der Waals surface area contributed by atoms with Crippen molar-refractivity contribution in [1.82, 2.24) is 0 Å². The summed E-state index contributed by atoms with van der Waals surface area (Å²) in [6.45, 7) is 8.97. The topological polar surface area (TPSA) is 81.7 Å². The first-order valence-electron chi connectivity index (χ1n) is 14.0. The third-order valence-electron chi connectivity index (χ3n) is 5.47. The standard InChI is InChI=1S/C29H50O8/c1-2-3-4-5-6-7-8-12-15-31-16-17-32-18-19-33-20-21-34-22-23-35-24-25-36-26-27-37-29(30)28-13-10-9-11-14-28/h9-11,13-14H,2-8,12,15-27H2,1H3. The molecule has 37 heavy (non-hydrogen) atoms. The molecule has 0 aliphatic rings. The van der Waals surface area contributed by atoms with Crippen LogP contribution < -0.4 is 0 Å². The number of rotatable bonds is 28. The van der Waals surface area contributed by atoms with E-state index in [2.05, 4.69) is 6.92 Å². The summed E-state index contributed by atoms with van der Waals surface area (Å²) in [6, 6.07) is 8.89. The summed E-state index contributed by atoms with van der Waals surface area (Å²) in [6.07, 6.45) is 10.5. The van der Waals surface area contributed by atoms with Gasteiger partial charge in [-0.25, -0.2) is 4.79 Å². The van der Waals surface area contributed by atoms with Crippen LogP contribution in [-0.4, -0.2) is 91.9 Å². The van der Waals surface area contributed by atoms with Crippen molar-refractivity contribution in [3.05, 3.63) is 35.9 Å². The van der Waals surface area contributed by atoms with E-state index < -0.39 is 0 Å². The zero-order chi connectivity index (χ0) is 26.5. The lowest BCUT2D eigenvalue weighted by Gasteiger charge is -2.08. The molecule has 0 bridgehead atoms. The first kappa shape index (κ1) is 33.5. The predicted molar refractivity (Wildman–Crippen MR) is 144 cm³/mol. The lowest BCUT2D eigenvalue weighted by atomic mass is 10.1. The van der Waals surface area contributed by atoms with Crippen molar-refractivity contribution >= 4 is 5.97 Å². The molecule has 8 heteroatoms. The van der Waals surface area contributed by atoms with Gasteiger partial charge < -0.3 is 33.2 Å². The monoisotopic (exact) mass is 526 g/mol. The average Bonchev–Trinajstić information content (AvgIpc) is 2.93. The first-order chi connectivity index (χ1) is 18.3. The SMILES string of the molecule is CCCCCCCCCCOCCOCCOCCOCCOCCOCCOC(=O)c1ccccc1. The number of carbonyl (C=O) groups excluding carboxylic acids is 1. The molecule has 0 radical (unpaired) electrons. The maximum absolute atomic E-state index is 11.8. The molecule has 1 aromatic carbocycles. The molecular weight excluding hydrogens is 476 g/mol. The van der Waals surface area contributed by atoms with Gasteiger partial charge in [0.05, 0.1) is 78.2 Å². The van der Waals surface area contributed by atoms with Crippen LogP contribution in [0.1, 0.15) is 68.6 Å². The van der Waals surface area contributed by atoms with Gasteiger partial charge in [-0.1, -0.05) is 70.1 Å². The van der Waals surface area contributed by atoms with E-state index >= 15 is 0 Å². The van der Waals surface area contributed by atoms with Crippen molar-refractivity contribution in [3.8, 4) is 0 Å². The van der Waals surface area contributed by atoms with Crippen LogP contribution in [0.15, 0.2) is 30.3 Å². The number of carbonyl (C=O) groups is 1. The van der Waals surface area contributed by atoms with E-state index in [1.165, 1.54) is 44.9 Å². The minimum absolute atomic E-state index is 0.217. The molecule has 1 rings (SSSR count). The highest BCUT2D eigenvalue weighted by Crippen LogP contribution is 2.08. The van der Waals surface area contributed by atoms with Crippen LogP contribution in [0.3, 0.4) is 0 Å². The molecule has 0 saturated heterocycles. The third kappa shape index (κ3) is 23.3. The van der Waals surface area contributed by atoms with E-state index in [1.54, 1.807) is 24.3 Å². The number of ether oxygens (including phenoxy) is 7. The Labute approximate surface area is 224 Å². The highest BCUT2D eigenvalue weighted by atomic mass is 16.6. The van der Waals surface area contributed by atoms with E-state index in [9.17, 15) is 4.79 Å². The number of esters is 1. The van der Waals surface area contributed by atoms with E-state index in [0.717, 1.165) is 13.0 Å². The highest BCUT2D eigenvalue weighted by molar-refractivity contribution is 5.89. The van der Waals surface area contributed by atoms with Gasteiger partial charge in [0.25, 0.3) is 0 Å². The molecule has 0 aliphatic carbocycles. The molecule has 0 amide bonds. The maximum Gasteiger partial charge on any atom is 0.338 e. The Morgan fingerprint density at radius 2 is 0.865 bits per heavy atom. The Bertz CT molecular complexity index is 599. The number of unbranched alkanes of at least 4 members (excludes halogenated alkanes) is 7. The van der Waals surface area contributed by atoms with Crippen molar-refractivity contribution in [2.24, 2.45) is 0 Å². The second kappa shape index (κ2) is 27.5. The Morgan fingerprint density at radius 1 is 0.486 bits per heavy atom. The molecule has 8 nitrogen and oxygen atoms in total. The van der Waals surface area contributed by atoms with Crippen LogP contribution in [0.25, 0.3) is 0 Å². The number of hydrogen-bond acceptors (Lipinski definition) is 8. The Morgan fingerprint density at radius 3 is 1.32 bits per heavy atom. The molecule has 0 atom stereocenters. The molecule has 214 valence electrons. The second-order valence-electron chi connectivity index (χ2n) is 8.65. The van der Waals surface area contributed by atoms with Gasteiger partial charge in [-0.2, -0.15) is 0 Å². The third-order valence-corrected chi connectivity index (χ3v) is 5.47. The van der Waals surface area contributed by atoms with Crippen molar-refractivity contribution < 1.29 is 38.0 Å². The van der Waals surface area contributed by atoms with Gasteiger partial charge in [0, 0.05) is 6.61 Å². The van der Waals surface area contributed by atoms with Crippen molar-refractivity contribution in [3.63, 3.8) is 0 Å². The van der Waals surface area contributed by atoms with Crippen LogP contribution in [0.5, 0.6) is 0 Å². The lowest BCUT2D eigenvalue weighted by Crippen LogP contribution is -2.15. The molecule has 0 fully saturated rings. The Kier molecular flexibility index (Phi) is 24.9. The zero-order valence-corrected chi connectivity index (χ0v) is 23.0. The van der Waals surface area contributed by atoms with E-state index in [0.29, 0.717) is 78.2 Å². The summed E-state index contributed by atoms with van der Waals surface area (Å²) >= 11 is 0. The van der Waals surface area contributed by atoms with Crippen molar-refractivity contribution in [2.75, 3.05) is 85.9 Å². The first-order valence-corrected chi connectivity index (χ1v) is 14.0. The minimum Gasteiger partial charge on any atom is -0.460 e. The molecular formula is C29H50O8. The molecule has 0 aromatic heterocycles. The van der Waals surface area contributed by atoms with Crippen LogP contribution >= 0.6 is 0 Å². The predicted octanol–water partition coefficient (Wildman–Crippen LogP) is 5.08. The van der Waals surface area contributed by atoms with Gasteiger partial charge in [0.2, 0.25) is 0 Å². The highest BCUT2D eigenvalue weighted by Gasteiger charge is 2.05. The van der Waals surface area contributed by atoms with Crippen molar-refractivity contribution in [1.29, 1.82) is 0 Å². The summed E-state index contributed by atoms with van der Waals surface area (Å²) in [7, 11) is 0. The normalized spacial score (nSPS) is 11.2. The minimum atomic E-state index is -0.344. The van der Waals surface area contributed by atoms with Crippen LogP contribution in [-0.2, 0) is 33.2 Å². The summed E-state index contributed by atoms with van der Waals surface area (Å²) in [4.78, 5) is 11.8. The number of hydrogen-bond donors (Lipinski definition) is 0. The zero-order valence-electron chi connectivity index (χ0n) is 23.0. The smallest absolute Gasteiger partial charge is 0.338 e. The fraction of sp³-hybridized carbons (Fsp3) is 0.759. The summed E-state index contributed by atoms with van der Waals surface area (Å²) in [5.41, 5.74) is 0.537. The maximum atomic E-state index is 11.8. The summed E-state index contributed by atoms with van der Waals surface area (Å²) < 4.78 is 38.0. The Balaban J connectivity index is 1.66. The molecule has 0 heterocycles. The number of benzene rings is 1. The van der Waals surface area contributed by atoms with E-state index in [4.69, 9.17) is 33.2 Å².